The number of aromatic nitrogens is 2. The van der Waals surface area contributed by atoms with Gasteiger partial charge in [0.05, 0.1) is 24.6 Å². The Labute approximate surface area is 154 Å². The summed E-state index contributed by atoms with van der Waals surface area (Å²) in [6.45, 7) is 2.58. The number of rotatable bonds is 7. The van der Waals surface area contributed by atoms with E-state index in [2.05, 4.69) is 4.74 Å². The van der Waals surface area contributed by atoms with Gasteiger partial charge < -0.3 is 13.9 Å². The molecule has 3 rings (SSSR count). The normalized spacial score (nSPS) is 10.9. The van der Waals surface area contributed by atoms with Gasteiger partial charge in [-0.1, -0.05) is 12.1 Å². The van der Waals surface area contributed by atoms with Crippen molar-refractivity contribution in [3.63, 3.8) is 0 Å². The van der Waals surface area contributed by atoms with Crippen LogP contribution >= 0.6 is 0 Å². The van der Waals surface area contributed by atoms with Gasteiger partial charge in [-0.15, -0.1) is 0 Å². The number of benzene rings is 1. The van der Waals surface area contributed by atoms with Gasteiger partial charge in [-0.05, 0) is 31.2 Å². The minimum Gasteiger partial charge on any atom is -0.463 e. The Morgan fingerprint density at radius 3 is 2.44 bits per heavy atom. The predicted octanol–water partition coefficient (Wildman–Crippen LogP) is 2.34. The zero-order chi connectivity index (χ0) is 19.4. The summed E-state index contributed by atoms with van der Waals surface area (Å²) in [5.41, 5.74) is 1.47. The maximum Gasteiger partial charge on any atom is 0.373 e. The lowest BCUT2D eigenvalue weighted by molar-refractivity contribution is -0.145. The number of carbonyl (C=O) groups is 2. The summed E-state index contributed by atoms with van der Waals surface area (Å²) in [6, 6.07) is 10.5. The van der Waals surface area contributed by atoms with Crippen molar-refractivity contribution < 1.29 is 23.5 Å². The molecule has 8 nitrogen and oxygen atoms in total. The first-order valence-electron chi connectivity index (χ1n) is 8.55. The second kappa shape index (κ2) is 7.94. The fraction of sp³-hybridized carbons (Fsp3) is 0.316. The molecule has 0 aliphatic rings. The Hall–Kier alpha value is -3.29. The van der Waals surface area contributed by atoms with Crippen molar-refractivity contribution in [2.24, 2.45) is 0 Å². The quantitative estimate of drug-likeness (QED) is 0.591. The first kappa shape index (κ1) is 18.5. The monoisotopic (exact) mass is 372 g/mol. The van der Waals surface area contributed by atoms with Crippen LogP contribution in [0.4, 0.5) is 0 Å². The molecule has 0 aliphatic carbocycles. The molecule has 0 unspecified atom stereocenters. The molecular formula is C19H20N2O6. The largest absolute Gasteiger partial charge is 0.463 e. The third-order valence-corrected chi connectivity index (χ3v) is 4.20. The number of nitrogens with zero attached hydrogens (tertiary/aromatic N) is 2. The van der Waals surface area contributed by atoms with Crippen LogP contribution in [0.15, 0.2) is 45.6 Å². The summed E-state index contributed by atoms with van der Waals surface area (Å²) in [5.74, 6) is -0.684. The number of hydrogen-bond acceptors (Lipinski definition) is 6. The molecule has 0 aliphatic heterocycles. The lowest BCUT2D eigenvalue weighted by atomic mass is 10.3. The average molecular weight is 372 g/mol. The second-order valence-corrected chi connectivity index (χ2v) is 5.84. The molecule has 8 heteroatoms. The van der Waals surface area contributed by atoms with Crippen molar-refractivity contribution in [2.75, 3.05) is 7.11 Å². The first-order valence-corrected chi connectivity index (χ1v) is 8.55. The van der Waals surface area contributed by atoms with Gasteiger partial charge in [0.15, 0.2) is 0 Å². The van der Waals surface area contributed by atoms with Crippen molar-refractivity contribution in [3.05, 3.63) is 58.4 Å². The van der Waals surface area contributed by atoms with E-state index < -0.39 is 11.9 Å². The van der Waals surface area contributed by atoms with E-state index in [1.54, 1.807) is 15.2 Å². The van der Waals surface area contributed by atoms with Gasteiger partial charge in [0.2, 0.25) is 5.76 Å². The second-order valence-electron chi connectivity index (χ2n) is 5.84. The molecule has 3 aromatic rings. The van der Waals surface area contributed by atoms with Crippen LogP contribution in [0.2, 0.25) is 0 Å². The molecule has 27 heavy (non-hydrogen) atoms. The summed E-state index contributed by atoms with van der Waals surface area (Å²) in [4.78, 5) is 35.9. The van der Waals surface area contributed by atoms with E-state index in [0.717, 1.165) is 11.0 Å². The van der Waals surface area contributed by atoms with Crippen LogP contribution in [0.5, 0.6) is 0 Å². The Bertz CT molecular complexity index is 1030. The highest BCUT2D eigenvalue weighted by Gasteiger charge is 2.15. The Morgan fingerprint density at radius 2 is 1.78 bits per heavy atom. The van der Waals surface area contributed by atoms with Crippen LogP contribution in [0.1, 0.15) is 29.7 Å². The van der Waals surface area contributed by atoms with Crippen molar-refractivity contribution >= 4 is 23.0 Å². The van der Waals surface area contributed by atoms with Gasteiger partial charge in [-0.3, -0.25) is 13.9 Å². The molecule has 1 aromatic carbocycles. The van der Waals surface area contributed by atoms with E-state index in [1.165, 1.54) is 13.2 Å². The molecule has 2 heterocycles. The van der Waals surface area contributed by atoms with Crippen LogP contribution in [-0.2, 0) is 34.0 Å². The van der Waals surface area contributed by atoms with E-state index in [0.29, 0.717) is 12.3 Å². The molecule has 0 radical (unpaired) electrons. The SMILES string of the molecule is CCn1c(=O)n(CCC(=O)OCc2ccc(C(=O)OC)o2)c2ccccc21. The summed E-state index contributed by atoms with van der Waals surface area (Å²) in [7, 11) is 1.25. The van der Waals surface area contributed by atoms with Crippen LogP contribution in [0.25, 0.3) is 11.0 Å². The van der Waals surface area contributed by atoms with Gasteiger partial charge in [0.1, 0.15) is 12.4 Å². The lowest BCUT2D eigenvalue weighted by Crippen LogP contribution is -2.25. The van der Waals surface area contributed by atoms with E-state index in [4.69, 9.17) is 9.15 Å². The highest BCUT2D eigenvalue weighted by molar-refractivity contribution is 5.86. The number of carbonyl (C=O) groups excluding carboxylic acids is 2. The van der Waals surface area contributed by atoms with Crippen molar-refractivity contribution in [3.8, 4) is 0 Å². The fourth-order valence-corrected chi connectivity index (χ4v) is 2.89. The van der Waals surface area contributed by atoms with Crippen LogP contribution in [-0.4, -0.2) is 28.2 Å². The topological polar surface area (TPSA) is 92.7 Å². The zero-order valence-electron chi connectivity index (χ0n) is 15.1. The summed E-state index contributed by atoms with van der Waals surface area (Å²) in [6.07, 6.45) is 0.0438. The average Bonchev–Trinajstić information content (AvgIpc) is 3.26. The van der Waals surface area contributed by atoms with Crippen LogP contribution in [0.3, 0.4) is 0 Å². The van der Waals surface area contributed by atoms with Gasteiger partial charge in [0.25, 0.3) is 0 Å². The summed E-state index contributed by atoms with van der Waals surface area (Å²) < 4.78 is 18.2. The highest BCUT2D eigenvalue weighted by atomic mass is 16.5. The van der Waals surface area contributed by atoms with E-state index in [9.17, 15) is 14.4 Å². The molecule has 0 saturated heterocycles. The lowest BCUT2D eigenvalue weighted by Gasteiger charge is -2.04. The van der Waals surface area contributed by atoms with Gasteiger partial charge >= 0.3 is 17.6 Å². The van der Waals surface area contributed by atoms with Crippen molar-refractivity contribution in [1.29, 1.82) is 0 Å². The number of hydrogen-bond donors (Lipinski definition) is 0. The molecule has 142 valence electrons. The number of ether oxygens (including phenoxy) is 2. The maximum atomic E-state index is 12.5. The Balaban J connectivity index is 1.62. The molecule has 0 bridgehead atoms. The number of aryl methyl sites for hydroxylation is 2. The van der Waals surface area contributed by atoms with Crippen LogP contribution in [0, 0.1) is 0 Å². The smallest absolute Gasteiger partial charge is 0.373 e. The molecule has 0 fully saturated rings. The molecule has 0 saturated carbocycles. The third-order valence-electron chi connectivity index (χ3n) is 4.20. The molecule has 0 atom stereocenters. The van der Waals surface area contributed by atoms with E-state index in [1.807, 2.05) is 31.2 Å². The minimum absolute atomic E-state index is 0.0438. The highest BCUT2D eigenvalue weighted by Crippen LogP contribution is 2.14. The number of para-hydroxylation sites is 2. The summed E-state index contributed by atoms with van der Waals surface area (Å²) in [5, 5.41) is 0. The van der Waals surface area contributed by atoms with E-state index in [-0.39, 0.29) is 31.0 Å². The molecular weight excluding hydrogens is 352 g/mol. The number of furan rings is 1. The number of esters is 2. The molecule has 0 spiro atoms. The maximum absolute atomic E-state index is 12.5. The van der Waals surface area contributed by atoms with E-state index >= 15 is 0 Å². The van der Waals surface area contributed by atoms with Crippen LogP contribution < -0.4 is 5.69 Å². The third kappa shape index (κ3) is 3.79. The van der Waals surface area contributed by atoms with Gasteiger partial charge in [-0.25, -0.2) is 9.59 Å². The molecule has 2 aromatic heterocycles. The molecule has 0 N–H and O–H groups in total. The number of methoxy groups -OCH3 is 1. The zero-order valence-corrected chi connectivity index (χ0v) is 15.1. The fourth-order valence-electron chi connectivity index (χ4n) is 2.89. The Kier molecular flexibility index (Phi) is 5.44. The minimum atomic E-state index is -0.598. The predicted molar refractivity (Wildman–Crippen MR) is 96.3 cm³/mol. The standard InChI is InChI=1S/C19H20N2O6/c1-3-20-14-6-4-5-7-15(14)21(19(20)24)11-10-17(22)26-12-13-8-9-16(27-13)18(23)25-2/h4-9H,3,10-12H2,1-2H3. The summed E-state index contributed by atoms with van der Waals surface area (Å²) >= 11 is 0. The first-order chi connectivity index (χ1) is 13.0. The number of imidazole rings is 1. The van der Waals surface area contributed by atoms with Crippen molar-refractivity contribution in [2.45, 2.75) is 33.0 Å². The number of fused-ring (bicyclic) bond motifs is 1. The van der Waals surface area contributed by atoms with Gasteiger partial charge in [0, 0.05) is 13.1 Å². The Morgan fingerprint density at radius 1 is 1.07 bits per heavy atom. The molecule has 0 amide bonds. The van der Waals surface area contributed by atoms with Gasteiger partial charge in [-0.2, -0.15) is 0 Å². The van der Waals surface area contributed by atoms with Crippen molar-refractivity contribution in [1.82, 2.24) is 9.13 Å².